The molecule has 0 spiro atoms. The summed E-state index contributed by atoms with van der Waals surface area (Å²) >= 11 is 1.23. The molecule has 0 bridgehead atoms. The molecule has 1 fully saturated rings. The van der Waals surface area contributed by atoms with Crippen molar-refractivity contribution in [2.24, 2.45) is 0 Å². The van der Waals surface area contributed by atoms with Crippen LogP contribution in [0.3, 0.4) is 0 Å². The van der Waals surface area contributed by atoms with Crippen molar-refractivity contribution in [1.29, 1.82) is 0 Å². The third-order valence-corrected chi connectivity index (χ3v) is 5.27. The summed E-state index contributed by atoms with van der Waals surface area (Å²) in [5.41, 5.74) is -0.508. The maximum atomic E-state index is 12.4. The molecule has 1 aliphatic heterocycles. The second kappa shape index (κ2) is 9.39. The van der Waals surface area contributed by atoms with E-state index in [4.69, 9.17) is 0 Å². The van der Waals surface area contributed by atoms with Crippen molar-refractivity contribution in [3.8, 4) is 0 Å². The molecule has 2 heterocycles. The number of piperazine rings is 1. The second-order valence-electron chi connectivity index (χ2n) is 6.67. The number of nitrogens with one attached hydrogen (secondary N) is 2. The molecule has 162 valence electrons. The number of carboxylic acid groups (broad SMARTS) is 1. The van der Waals surface area contributed by atoms with Crippen LogP contribution in [0.2, 0.25) is 0 Å². The number of rotatable bonds is 6. The van der Waals surface area contributed by atoms with Gasteiger partial charge in [0.15, 0.2) is 5.13 Å². The lowest BCUT2D eigenvalue weighted by molar-refractivity contribution is -0.137. The molecule has 1 aromatic heterocycles. The quantitative estimate of drug-likeness (QED) is 0.438. The molecule has 0 aliphatic carbocycles. The lowest BCUT2D eigenvalue weighted by Gasteiger charge is -2.42. The van der Waals surface area contributed by atoms with Crippen molar-refractivity contribution in [3.63, 3.8) is 0 Å². The molecule has 0 radical (unpaired) electrons. The number of esters is 1. The summed E-state index contributed by atoms with van der Waals surface area (Å²) in [5, 5.41) is 15.9. The van der Waals surface area contributed by atoms with Gasteiger partial charge in [0, 0.05) is 18.5 Å². The summed E-state index contributed by atoms with van der Waals surface area (Å²) in [4.78, 5) is 54.6. The van der Waals surface area contributed by atoms with Crippen LogP contribution in [0.1, 0.15) is 24.3 Å². The molecular weight excluding hydrogens is 414 g/mol. The highest BCUT2D eigenvalue weighted by molar-refractivity contribution is 7.13. The Labute approximate surface area is 177 Å². The summed E-state index contributed by atoms with van der Waals surface area (Å²) in [6, 6.07) is -0.474. The van der Waals surface area contributed by atoms with Crippen LogP contribution in [-0.2, 0) is 14.3 Å². The summed E-state index contributed by atoms with van der Waals surface area (Å²) in [6.07, 6.45) is -0.972. The van der Waals surface area contributed by atoms with Gasteiger partial charge < -0.3 is 25.4 Å². The first-order valence-electron chi connectivity index (χ1n) is 8.85. The van der Waals surface area contributed by atoms with Crippen molar-refractivity contribution >= 4 is 40.3 Å². The Bertz CT molecular complexity index is 885. The van der Waals surface area contributed by atoms with Crippen LogP contribution in [-0.4, -0.2) is 71.2 Å². The maximum Gasteiger partial charge on any atom is 0.407 e. The van der Waals surface area contributed by atoms with E-state index in [9.17, 15) is 24.3 Å². The fraction of sp³-hybridized carbons (Fsp3) is 0.389. The van der Waals surface area contributed by atoms with E-state index < -0.39 is 23.9 Å². The average molecular weight is 437 g/mol. The topological polar surface area (TPSA) is 141 Å². The van der Waals surface area contributed by atoms with E-state index >= 15 is 0 Å². The SMILES string of the molecule is C=C(NC(=O)c1csc(N2CC(C)N(C(=O)O)C(C)C2)n1)C(=O)NC(=C)C(=O)OC. The average Bonchev–Trinajstić information content (AvgIpc) is 3.16. The third-order valence-electron chi connectivity index (χ3n) is 4.37. The van der Waals surface area contributed by atoms with Crippen LogP contribution >= 0.6 is 11.3 Å². The standard InChI is InChI=1S/C18H23N5O6S/c1-9-6-22(7-10(2)23(9)18(27)28)17-21-13(8-30-17)15(25)19-11(3)14(24)20-12(4)16(26)29-5/h8-10H,3-4,6-7H2,1-2,5H3,(H,19,25)(H,20,24)(H,27,28). The van der Waals surface area contributed by atoms with Gasteiger partial charge in [0.05, 0.1) is 24.9 Å². The molecule has 1 aliphatic rings. The van der Waals surface area contributed by atoms with E-state index in [2.05, 4.69) is 33.5 Å². The van der Waals surface area contributed by atoms with E-state index in [1.807, 2.05) is 18.7 Å². The Balaban J connectivity index is 1.99. The minimum absolute atomic E-state index is 0.0803. The lowest BCUT2D eigenvalue weighted by Crippen LogP contribution is -2.58. The summed E-state index contributed by atoms with van der Waals surface area (Å²) < 4.78 is 4.42. The van der Waals surface area contributed by atoms with Crippen LogP contribution in [0.4, 0.5) is 9.93 Å². The highest BCUT2D eigenvalue weighted by atomic mass is 32.1. The molecule has 30 heavy (non-hydrogen) atoms. The number of carbonyl (C=O) groups is 4. The summed E-state index contributed by atoms with van der Waals surface area (Å²) in [7, 11) is 1.14. The number of nitrogens with zero attached hydrogens (tertiary/aromatic N) is 3. The molecule has 2 rings (SSSR count). The monoisotopic (exact) mass is 437 g/mol. The van der Waals surface area contributed by atoms with Gasteiger partial charge in [-0.15, -0.1) is 11.3 Å². The van der Waals surface area contributed by atoms with E-state index in [-0.39, 0.29) is 29.2 Å². The summed E-state index contributed by atoms with van der Waals surface area (Å²) in [6.45, 7) is 11.3. The molecular formula is C18H23N5O6S. The fourth-order valence-corrected chi connectivity index (χ4v) is 3.84. The lowest BCUT2D eigenvalue weighted by atomic mass is 10.1. The van der Waals surface area contributed by atoms with Gasteiger partial charge in [-0.1, -0.05) is 13.2 Å². The van der Waals surface area contributed by atoms with Gasteiger partial charge in [-0.2, -0.15) is 0 Å². The maximum absolute atomic E-state index is 12.4. The molecule has 0 saturated carbocycles. The van der Waals surface area contributed by atoms with Crippen molar-refractivity contribution in [3.05, 3.63) is 35.6 Å². The molecule has 2 unspecified atom stereocenters. The van der Waals surface area contributed by atoms with Crippen molar-refractivity contribution < 1.29 is 29.0 Å². The molecule has 1 saturated heterocycles. The van der Waals surface area contributed by atoms with Crippen molar-refractivity contribution in [1.82, 2.24) is 20.5 Å². The van der Waals surface area contributed by atoms with Gasteiger partial charge in [0.1, 0.15) is 11.4 Å². The smallest absolute Gasteiger partial charge is 0.407 e. The normalized spacial score (nSPS) is 18.4. The van der Waals surface area contributed by atoms with Crippen molar-refractivity contribution in [2.75, 3.05) is 25.1 Å². The number of aromatic nitrogens is 1. The van der Waals surface area contributed by atoms with E-state index in [0.29, 0.717) is 18.2 Å². The fourth-order valence-electron chi connectivity index (χ4n) is 3.01. The first kappa shape index (κ1) is 22.9. The van der Waals surface area contributed by atoms with Gasteiger partial charge in [-0.05, 0) is 13.8 Å². The highest BCUT2D eigenvalue weighted by Gasteiger charge is 2.34. The molecule has 2 atom stereocenters. The van der Waals surface area contributed by atoms with Crippen LogP contribution < -0.4 is 15.5 Å². The molecule has 3 amide bonds. The Hall–Kier alpha value is -3.41. The number of methoxy groups -OCH3 is 1. The number of amides is 3. The Morgan fingerprint density at radius 3 is 2.30 bits per heavy atom. The molecule has 0 aromatic carbocycles. The zero-order valence-corrected chi connectivity index (χ0v) is 17.6. The molecule has 3 N–H and O–H groups in total. The van der Waals surface area contributed by atoms with Gasteiger partial charge in [0.25, 0.3) is 11.8 Å². The second-order valence-corrected chi connectivity index (χ2v) is 7.50. The number of anilines is 1. The van der Waals surface area contributed by atoms with Gasteiger partial charge in [-0.25, -0.2) is 14.6 Å². The van der Waals surface area contributed by atoms with E-state index in [1.54, 1.807) is 0 Å². The minimum atomic E-state index is -0.972. The van der Waals surface area contributed by atoms with E-state index in [1.165, 1.54) is 21.6 Å². The van der Waals surface area contributed by atoms with Gasteiger partial charge in [-0.3, -0.25) is 14.5 Å². The highest BCUT2D eigenvalue weighted by Crippen LogP contribution is 2.26. The number of thiazole rings is 1. The van der Waals surface area contributed by atoms with Crippen molar-refractivity contribution in [2.45, 2.75) is 25.9 Å². The Kier molecular flexibility index (Phi) is 7.16. The number of carbonyl (C=O) groups excluding carboxylic acids is 3. The zero-order chi connectivity index (χ0) is 22.6. The molecule has 11 nitrogen and oxygen atoms in total. The number of hydrogen-bond acceptors (Lipinski definition) is 8. The van der Waals surface area contributed by atoms with Gasteiger partial charge in [0.2, 0.25) is 0 Å². The Morgan fingerprint density at radius 1 is 1.17 bits per heavy atom. The minimum Gasteiger partial charge on any atom is -0.465 e. The van der Waals surface area contributed by atoms with E-state index in [0.717, 1.165) is 7.11 Å². The van der Waals surface area contributed by atoms with Crippen LogP contribution in [0.15, 0.2) is 29.9 Å². The largest absolute Gasteiger partial charge is 0.465 e. The number of ether oxygens (including phenoxy) is 1. The predicted octanol–water partition coefficient (Wildman–Crippen LogP) is 0.767. The zero-order valence-electron chi connectivity index (χ0n) is 16.8. The summed E-state index contributed by atoms with van der Waals surface area (Å²) in [5.74, 6) is -2.29. The number of hydrogen-bond donors (Lipinski definition) is 3. The predicted molar refractivity (Wildman–Crippen MR) is 109 cm³/mol. The first-order chi connectivity index (χ1) is 14.0. The molecule has 12 heteroatoms. The third kappa shape index (κ3) is 5.14. The van der Waals surface area contributed by atoms with Crippen LogP contribution in [0.5, 0.6) is 0 Å². The van der Waals surface area contributed by atoms with Crippen LogP contribution in [0, 0.1) is 0 Å². The Morgan fingerprint density at radius 2 is 1.77 bits per heavy atom. The molecule has 1 aromatic rings. The van der Waals surface area contributed by atoms with Gasteiger partial charge >= 0.3 is 12.1 Å². The van der Waals surface area contributed by atoms with Crippen LogP contribution in [0.25, 0.3) is 0 Å². The first-order valence-corrected chi connectivity index (χ1v) is 9.73.